The molecule has 0 radical (unpaired) electrons. The molecule has 2 saturated heterocycles. The van der Waals surface area contributed by atoms with Crippen LogP contribution in [0, 0.1) is 11.8 Å². The lowest BCUT2D eigenvalue weighted by Crippen LogP contribution is -2.39. The number of aliphatic hydroxyl groups is 1. The van der Waals surface area contributed by atoms with E-state index in [0.717, 1.165) is 51.6 Å². The fraction of sp³-hybridized carbons (Fsp3) is 0.944. The predicted molar refractivity (Wildman–Crippen MR) is 90.6 cm³/mol. The summed E-state index contributed by atoms with van der Waals surface area (Å²) in [6, 6.07) is 0.0785. The molecular formula is C18H32N2O4. The summed E-state index contributed by atoms with van der Waals surface area (Å²) in [5, 5.41) is 16.8. The van der Waals surface area contributed by atoms with E-state index in [1.54, 1.807) is 7.11 Å². The average Bonchev–Trinajstić information content (AvgIpc) is 3.20. The molecule has 4 atom stereocenters. The van der Waals surface area contributed by atoms with Crippen molar-refractivity contribution in [2.24, 2.45) is 11.8 Å². The number of β-amino-alcohol motifs (C(OH)–C–C–N with tert-alkyl or cyclic N) is 1. The number of rotatable bonds is 6. The summed E-state index contributed by atoms with van der Waals surface area (Å²) in [4.78, 5) is 12.2. The summed E-state index contributed by atoms with van der Waals surface area (Å²) in [6.45, 7) is 2.39. The average molecular weight is 340 g/mol. The zero-order valence-electron chi connectivity index (χ0n) is 14.7. The molecule has 3 aliphatic rings. The van der Waals surface area contributed by atoms with Crippen LogP contribution in [0.2, 0.25) is 0 Å². The molecule has 0 unspecified atom stereocenters. The highest BCUT2D eigenvalue weighted by Crippen LogP contribution is 2.31. The first-order valence-corrected chi connectivity index (χ1v) is 9.50. The first-order valence-electron chi connectivity index (χ1n) is 9.50. The lowest BCUT2D eigenvalue weighted by atomic mass is 9.82. The van der Waals surface area contributed by atoms with Crippen LogP contribution in [-0.4, -0.2) is 62.2 Å². The second-order valence-electron chi connectivity index (χ2n) is 7.71. The van der Waals surface area contributed by atoms with Gasteiger partial charge in [0.25, 0.3) is 0 Å². The van der Waals surface area contributed by atoms with Crippen molar-refractivity contribution in [2.45, 2.75) is 69.3 Å². The second-order valence-corrected chi connectivity index (χ2v) is 7.71. The van der Waals surface area contributed by atoms with Crippen molar-refractivity contribution in [3.63, 3.8) is 0 Å². The minimum Gasteiger partial charge on any atom is -0.458 e. The van der Waals surface area contributed by atoms with Crippen LogP contribution >= 0.6 is 0 Å². The molecule has 6 nitrogen and oxygen atoms in total. The molecule has 0 amide bonds. The monoisotopic (exact) mass is 340 g/mol. The number of carbonyl (C=O) groups excluding carboxylic acids is 1. The van der Waals surface area contributed by atoms with Gasteiger partial charge >= 0.3 is 5.97 Å². The zero-order chi connectivity index (χ0) is 16.9. The summed E-state index contributed by atoms with van der Waals surface area (Å²) in [5.41, 5.74) is 0. The molecule has 3 N–H and O–H groups in total. The minimum atomic E-state index is -0.587. The molecule has 2 aliphatic heterocycles. The third kappa shape index (κ3) is 4.69. The van der Waals surface area contributed by atoms with Crippen LogP contribution in [0.15, 0.2) is 0 Å². The molecule has 0 spiro atoms. The van der Waals surface area contributed by atoms with E-state index in [0.29, 0.717) is 30.9 Å². The maximum Gasteiger partial charge on any atom is 0.306 e. The van der Waals surface area contributed by atoms with E-state index in [4.69, 9.17) is 9.47 Å². The number of methoxy groups -OCH3 is 1. The highest BCUT2D eigenvalue weighted by molar-refractivity contribution is 5.70. The van der Waals surface area contributed by atoms with Gasteiger partial charge in [0, 0.05) is 26.1 Å². The van der Waals surface area contributed by atoms with E-state index in [-0.39, 0.29) is 12.0 Å². The van der Waals surface area contributed by atoms with Gasteiger partial charge in [0.05, 0.1) is 6.10 Å². The van der Waals surface area contributed by atoms with Crippen LogP contribution in [0.4, 0.5) is 0 Å². The second kappa shape index (κ2) is 8.61. The Labute approximate surface area is 144 Å². The Bertz CT molecular complexity index is 406. The minimum absolute atomic E-state index is 0.0785. The number of carbonyl (C=O) groups is 1. The fourth-order valence-electron chi connectivity index (χ4n) is 4.44. The third-order valence-electron chi connectivity index (χ3n) is 5.96. The lowest BCUT2D eigenvalue weighted by molar-refractivity contribution is -0.155. The summed E-state index contributed by atoms with van der Waals surface area (Å²) in [7, 11) is 1.79. The largest absolute Gasteiger partial charge is 0.458 e. The molecule has 3 rings (SSSR count). The predicted octanol–water partition coefficient (Wildman–Crippen LogP) is 0.826. The normalized spacial score (nSPS) is 39.9. The van der Waals surface area contributed by atoms with Crippen molar-refractivity contribution >= 4 is 5.97 Å². The number of aliphatic hydroxyl groups excluding tert-OH is 1. The standard InChI is InChI=1S/C18H32N2O4/c1-23-14-4-2-12(3-5-14)8-15-18(16(21)11-20-15)24-17(22)9-13-6-7-19-10-13/h12-16,18-21H,2-11H2,1H3/t12?,13-,14?,15+,16-,18-/m0/s1. The molecule has 0 aromatic carbocycles. The van der Waals surface area contributed by atoms with Gasteiger partial charge in [-0.2, -0.15) is 0 Å². The van der Waals surface area contributed by atoms with E-state index >= 15 is 0 Å². The fourth-order valence-corrected chi connectivity index (χ4v) is 4.44. The summed E-state index contributed by atoms with van der Waals surface area (Å²) >= 11 is 0. The van der Waals surface area contributed by atoms with Crippen LogP contribution in [0.3, 0.4) is 0 Å². The summed E-state index contributed by atoms with van der Waals surface area (Å²) < 4.78 is 11.1. The number of nitrogens with one attached hydrogen (secondary N) is 2. The highest BCUT2D eigenvalue weighted by atomic mass is 16.6. The molecule has 1 saturated carbocycles. The van der Waals surface area contributed by atoms with Crippen molar-refractivity contribution in [2.75, 3.05) is 26.7 Å². The molecule has 6 heteroatoms. The maximum absolute atomic E-state index is 12.2. The van der Waals surface area contributed by atoms with Crippen LogP contribution in [0.25, 0.3) is 0 Å². The molecular weight excluding hydrogens is 308 g/mol. The topological polar surface area (TPSA) is 79.8 Å². The van der Waals surface area contributed by atoms with E-state index in [2.05, 4.69) is 10.6 Å². The number of esters is 1. The Morgan fingerprint density at radius 3 is 2.58 bits per heavy atom. The highest BCUT2D eigenvalue weighted by Gasteiger charge is 2.39. The smallest absolute Gasteiger partial charge is 0.306 e. The molecule has 138 valence electrons. The Balaban J connectivity index is 1.46. The van der Waals surface area contributed by atoms with Crippen LogP contribution in [0.5, 0.6) is 0 Å². The zero-order valence-corrected chi connectivity index (χ0v) is 14.7. The van der Waals surface area contributed by atoms with E-state index in [1.807, 2.05) is 0 Å². The molecule has 3 fully saturated rings. The van der Waals surface area contributed by atoms with Gasteiger partial charge in [0.15, 0.2) is 0 Å². The van der Waals surface area contributed by atoms with E-state index in [9.17, 15) is 9.90 Å². The molecule has 0 aromatic heterocycles. The van der Waals surface area contributed by atoms with Crippen molar-refractivity contribution in [3.05, 3.63) is 0 Å². The van der Waals surface area contributed by atoms with Crippen molar-refractivity contribution in [3.8, 4) is 0 Å². The molecule has 0 bridgehead atoms. The quantitative estimate of drug-likeness (QED) is 0.622. The Hall–Kier alpha value is -0.690. The molecule has 2 heterocycles. The maximum atomic E-state index is 12.2. The molecule has 0 aromatic rings. The number of hydrogen-bond acceptors (Lipinski definition) is 6. The van der Waals surface area contributed by atoms with Gasteiger partial charge in [-0.1, -0.05) is 0 Å². The first kappa shape index (κ1) is 18.1. The number of ether oxygens (including phenoxy) is 2. The van der Waals surface area contributed by atoms with Gasteiger partial charge in [0.2, 0.25) is 0 Å². The van der Waals surface area contributed by atoms with Crippen LogP contribution < -0.4 is 10.6 Å². The van der Waals surface area contributed by atoms with Gasteiger partial charge < -0.3 is 25.2 Å². The van der Waals surface area contributed by atoms with Gasteiger partial charge in [-0.25, -0.2) is 0 Å². The molecule has 1 aliphatic carbocycles. The first-order chi connectivity index (χ1) is 11.7. The van der Waals surface area contributed by atoms with Crippen molar-refractivity contribution in [1.82, 2.24) is 10.6 Å². The van der Waals surface area contributed by atoms with Gasteiger partial charge in [-0.3, -0.25) is 4.79 Å². The van der Waals surface area contributed by atoms with Crippen LogP contribution in [0.1, 0.15) is 44.9 Å². The summed E-state index contributed by atoms with van der Waals surface area (Å²) in [6.07, 6.45) is 6.40. The van der Waals surface area contributed by atoms with Crippen LogP contribution in [-0.2, 0) is 14.3 Å². The third-order valence-corrected chi connectivity index (χ3v) is 5.96. The lowest BCUT2D eigenvalue weighted by Gasteiger charge is -2.31. The Morgan fingerprint density at radius 1 is 1.12 bits per heavy atom. The van der Waals surface area contributed by atoms with Gasteiger partial charge in [-0.05, 0) is 63.5 Å². The van der Waals surface area contributed by atoms with Crippen molar-refractivity contribution < 1.29 is 19.4 Å². The van der Waals surface area contributed by atoms with Gasteiger partial charge in [-0.15, -0.1) is 0 Å². The summed E-state index contributed by atoms with van der Waals surface area (Å²) in [5.74, 6) is 0.843. The Morgan fingerprint density at radius 2 is 1.92 bits per heavy atom. The number of hydrogen-bond donors (Lipinski definition) is 3. The van der Waals surface area contributed by atoms with E-state index in [1.165, 1.54) is 0 Å². The SMILES string of the molecule is COC1CCC(C[C@H]2NC[C@H](O)[C@H]2OC(=O)C[C@@H]2CCNC2)CC1. The van der Waals surface area contributed by atoms with E-state index < -0.39 is 12.2 Å². The van der Waals surface area contributed by atoms with Crippen molar-refractivity contribution in [1.29, 1.82) is 0 Å². The molecule has 24 heavy (non-hydrogen) atoms. The van der Waals surface area contributed by atoms with Gasteiger partial charge in [0.1, 0.15) is 12.2 Å². The Kier molecular flexibility index (Phi) is 6.49.